The van der Waals surface area contributed by atoms with Crippen molar-refractivity contribution in [3.63, 3.8) is 0 Å². The summed E-state index contributed by atoms with van der Waals surface area (Å²) in [5.41, 5.74) is 0.809. The number of aryl methyl sites for hydroxylation is 1. The lowest BCUT2D eigenvalue weighted by Gasteiger charge is -1.93. The molecule has 0 N–H and O–H groups in total. The van der Waals surface area contributed by atoms with Gasteiger partial charge in [-0.2, -0.15) is 0 Å². The van der Waals surface area contributed by atoms with Gasteiger partial charge in [-0.05, 0) is 52.2 Å². The number of allylic oxidation sites excluding steroid dienone is 1. The first kappa shape index (κ1) is 15.1. The molecule has 1 nitrogen and oxygen atoms in total. The van der Waals surface area contributed by atoms with Crippen molar-refractivity contribution in [1.29, 1.82) is 0 Å². The third-order valence-electron chi connectivity index (χ3n) is 2.77. The van der Waals surface area contributed by atoms with Crippen LogP contribution < -0.4 is 0 Å². The maximum atomic E-state index is 12.8. The van der Waals surface area contributed by atoms with Crippen LogP contribution >= 0.6 is 27.3 Å². The van der Waals surface area contributed by atoms with E-state index in [0.29, 0.717) is 0 Å². The molecule has 2 aromatic rings. The van der Waals surface area contributed by atoms with Crippen molar-refractivity contribution < 1.29 is 9.18 Å². The molecule has 0 spiro atoms. The SMILES string of the molecule is CCCc1sc(C(=O)/C=C/c2ccc(F)cc2)cc1Br. The largest absolute Gasteiger partial charge is 0.288 e. The van der Waals surface area contributed by atoms with Crippen LogP contribution in [0.2, 0.25) is 0 Å². The summed E-state index contributed by atoms with van der Waals surface area (Å²) in [6.45, 7) is 2.11. The van der Waals surface area contributed by atoms with Crippen LogP contribution in [0.15, 0.2) is 40.9 Å². The van der Waals surface area contributed by atoms with E-state index in [1.807, 2.05) is 6.07 Å². The highest BCUT2D eigenvalue weighted by atomic mass is 79.9. The third kappa shape index (κ3) is 3.87. The van der Waals surface area contributed by atoms with E-state index in [-0.39, 0.29) is 11.6 Å². The van der Waals surface area contributed by atoms with Crippen LogP contribution in [0, 0.1) is 5.82 Å². The molecule has 0 amide bonds. The summed E-state index contributed by atoms with van der Waals surface area (Å²) in [6.07, 6.45) is 5.26. The molecule has 1 heterocycles. The Balaban J connectivity index is 2.11. The molecule has 0 aliphatic carbocycles. The summed E-state index contributed by atoms with van der Waals surface area (Å²) in [7, 11) is 0. The molecule has 0 saturated heterocycles. The molecule has 0 unspecified atom stereocenters. The lowest BCUT2D eigenvalue weighted by atomic mass is 10.2. The summed E-state index contributed by atoms with van der Waals surface area (Å²) >= 11 is 5.00. The number of thiophene rings is 1. The first-order valence-corrected chi connectivity index (χ1v) is 7.97. The Morgan fingerprint density at radius 2 is 2.05 bits per heavy atom. The van der Waals surface area contributed by atoms with E-state index in [9.17, 15) is 9.18 Å². The van der Waals surface area contributed by atoms with Crippen LogP contribution in [0.1, 0.15) is 33.5 Å². The quantitative estimate of drug-likeness (QED) is 0.513. The number of rotatable bonds is 5. The topological polar surface area (TPSA) is 17.1 Å². The zero-order valence-electron chi connectivity index (χ0n) is 11.0. The average Bonchev–Trinajstić information content (AvgIpc) is 2.80. The fraction of sp³-hybridized carbons (Fsp3) is 0.188. The minimum absolute atomic E-state index is 0.0256. The van der Waals surface area contributed by atoms with E-state index in [0.717, 1.165) is 27.8 Å². The van der Waals surface area contributed by atoms with Gasteiger partial charge >= 0.3 is 0 Å². The molecule has 0 aliphatic heterocycles. The van der Waals surface area contributed by atoms with Gasteiger partial charge in [-0.15, -0.1) is 11.3 Å². The lowest BCUT2D eigenvalue weighted by Crippen LogP contribution is -1.88. The Labute approximate surface area is 130 Å². The van der Waals surface area contributed by atoms with Gasteiger partial charge in [0.2, 0.25) is 0 Å². The number of benzene rings is 1. The Hall–Kier alpha value is -1.26. The number of ketones is 1. The number of halogens is 2. The Kier molecular flexibility index (Phi) is 5.26. The fourth-order valence-electron chi connectivity index (χ4n) is 1.75. The maximum Gasteiger partial charge on any atom is 0.195 e. The summed E-state index contributed by atoms with van der Waals surface area (Å²) in [5, 5.41) is 0. The van der Waals surface area contributed by atoms with Crippen LogP contribution in [0.3, 0.4) is 0 Å². The molecule has 0 bridgehead atoms. The van der Waals surface area contributed by atoms with Gasteiger partial charge < -0.3 is 0 Å². The highest BCUT2D eigenvalue weighted by Crippen LogP contribution is 2.29. The summed E-state index contributed by atoms with van der Waals surface area (Å²) in [5.74, 6) is -0.303. The standard InChI is InChI=1S/C16H14BrFOS/c1-2-3-15-13(17)10-16(20-15)14(19)9-6-11-4-7-12(18)8-5-11/h4-10H,2-3H2,1H3/b9-6+. The van der Waals surface area contributed by atoms with Crippen LogP contribution in [-0.2, 0) is 6.42 Å². The van der Waals surface area contributed by atoms with Crippen molar-refractivity contribution in [3.8, 4) is 0 Å². The van der Waals surface area contributed by atoms with Gasteiger partial charge in [0, 0.05) is 9.35 Å². The minimum atomic E-state index is -0.278. The number of carbonyl (C=O) groups is 1. The number of carbonyl (C=O) groups excluding carboxylic acids is 1. The van der Waals surface area contributed by atoms with E-state index in [4.69, 9.17) is 0 Å². The second kappa shape index (κ2) is 6.95. The molecule has 0 aliphatic rings. The van der Waals surface area contributed by atoms with E-state index < -0.39 is 0 Å². The molecule has 0 saturated carbocycles. The molecule has 0 radical (unpaired) electrons. The first-order chi connectivity index (χ1) is 9.60. The van der Waals surface area contributed by atoms with Crippen molar-refractivity contribution in [3.05, 3.63) is 62.0 Å². The number of hydrogen-bond acceptors (Lipinski definition) is 2. The van der Waals surface area contributed by atoms with Gasteiger partial charge in [-0.1, -0.05) is 31.6 Å². The molecule has 4 heteroatoms. The summed E-state index contributed by atoms with van der Waals surface area (Å²) in [6, 6.07) is 7.92. The lowest BCUT2D eigenvalue weighted by molar-refractivity contribution is 0.105. The van der Waals surface area contributed by atoms with E-state index >= 15 is 0 Å². The van der Waals surface area contributed by atoms with Crippen molar-refractivity contribution in [2.24, 2.45) is 0 Å². The monoisotopic (exact) mass is 352 g/mol. The van der Waals surface area contributed by atoms with Crippen LogP contribution in [-0.4, -0.2) is 5.78 Å². The molecule has 1 aromatic carbocycles. The molecule has 20 heavy (non-hydrogen) atoms. The molecule has 0 fully saturated rings. The third-order valence-corrected chi connectivity index (χ3v) is 4.95. The van der Waals surface area contributed by atoms with Gasteiger partial charge in [-0.25, -0.2) is 4.39 Å². The summed E-state index contributed by atoms with van der Waals surface area (Å²) in [4.78, 5) is 14.0. The average molecular weight is 353 g/mol. The summed E-state index contributed by atoms with van der Waals surface area (Å²) < 4.78 is 13.8. The van der Waals surface area contributed by atoms with Gasteiger partial charge in [0.1, 0.15) is 5.82 Å². The van der Waals surface area contributed by atoms with E-state index in [1.54, 1.807) is 18.2 Å². The van der Waals surface area contributed by atoms with Gasteiger partial charge in [-0.3, -0.25) is 4.79 Å². The Morgan fingerprint density at radius 1 is 1.35 bits per heavy atom. The molecule has 0 atom stereocenters. The van der Waals surface area contributed by atoms with Crippen LogP contribution in [0.5, 0.6) is 0 Å². The Bertz CT molecular complexity index is 628. The van der Waals surface area contributed by atoms with Gasteiger partial charge in [0.15, 0.2) is 5.78 Å². The van der Waals surface area contributed by atoms with Crippen LogP contribution in [0.4, 0.5) is 4.39 Å². The predicted octanol–water partition coefficient (Wildman–Crippen LogP) is 5.50. The normalized spacial score (nSPS) is 11.2. The van der Waals surface area contributed by atoms with Gasteiger partial charge in [0.05, 0.1) is 4.88 Å². The van der Waals surface area contributed by atoms with E-state index in [2.05, 4.69) is 22.9 Å². The predicted molar refractivity (Wildman–Crippen MR) is 85.8 cm³/mol. The molecule has 2 rings (SSSR count). The molecule has 1 aromatic heterocycles. The smallest absolute Gasteiger partial charge is 0.195 e. The molecular formula is C16H14BrFOS. The highest BCUT2D eigenvalue weighted by molar-refractivity contribution is 9.10. The van der Waals surface area contributed by atoms with Crippen molar-refractivity contribution in [2.75, 3.05) is 0 Å². The van der Waals surface area contributed by atoms with Gasteiger partial charge in [0.25, 0.3) is 0 Å². The molecular weight excluding hydrogens is 339 g/mol. The fourth-order valence-corrected chi connectivity index (χ4v) is 3.65. The number of hydrogen-bond donors (Lipinski definition) is 0. The highest BCUT2D eigenvalue weighted by Gasteiger charge is 2.10. The van der Waals surface area contributed by atoms with Crippen molar-refractivity contribution in [2.45, 2.75) is 19.8 Å². The molecule has 104 valence electrons. The van der Waals surface area contributed by atoms with Crippen molar-refractivity contribution in [1.82, 2.24) is 0 Å². The zero-order valence-corrected chi connectivity index (χ0v) is 13.4. The first-order valence-electron chi connectivity index (χ1n) is 6.36. The minimum Gasteiger partial charge on any atom is -0.288 e. The second-order valence-electron chi connectivity index (χ2n) is 4.38. The zero-order chi connectivity index (χ0) is 14.5. The van der Waals surface area contributed by atoms with E-state index in [1.165, 1.54) is 34.4 Å². The maximum absolute atomic E-state index is 12.8. The Morgan fingerprint density at radius 3 is 2.70 bits per heavy atom. The second-order valence-corrected chi connectivity index (χ2v) is 6.37. The van der Waals surface area contributed by atoms with Crippen molar-refractivity contribution >= 4 is 39.1 Å². The van der Waals surface area contributed by atoms with Crippen LogP contribution in [0.25, 0.3) is 6.08 Å².